The molecule has 0 spiro atoms. The van der Waals surface area contributed by atoms with Crippen LogP contribution in [0.1, 0.15) is 39.0 Å². The first-order chi connectivity index (χ1) is 8.15. The molecule has 0 radical (unpaired) electrons. The van der Waals surface area contributed by atoms with E-state index in [1.807, 2.05) is 0 Å². The Kier molecular flexibility index (Phi) is 8.75. The summed E-state index contributed by atoms with van der Waals surface area (Å²) in [6.07, 6.45) is 5.74. The van der Waals surface area contributed by atoms with Crippen LogP contribution in [0.25, 0.3) is 0 Å². The Hall–Kier alpha value is -0.810. The van der Waals surface area contributed by atoms with Gasteiger partial charge in [-0.1, -0.05) is 26.2 Å². The number of nitrogens with two attached hydrogens (primary N) is 1. The van der Waals surface area contributed by atoms with Gasteiger partial charge in [0.25, 0.3) is 0 Å². The molecule has 2 atom stereocenters. The van der Waals surface area contributed by atoms with Crippen LogP contribution in [-0.4, -0.2) is 30.9 Å². The summed E-state index contributed by atoms with van der Waals surface area (Å²) in [6, 6.07) is 0.274. The lowest BCUT2D eigenvalue weighted by atomic mass is 9.84. The molecule has 0 aromatic carbocycles. The van der Waals surface area contributed by atoms with E-state index >= 15 is 0 Å². The molecule has 0 aliphatic heterocycles. The Balaban J connectivity index is 0.00000289. The highest BCUT2D eigenvalue weighted by molar-refractivity contribution is 5.85. The van der Waals surface area contributed by atoms with Crippen molar-refractivity contribution in [3.63, 3.8) is 0 Å². The number of rotatable bonds is 5. The van der Waals surface area contributed by atoms with Gasteiger partial charge in [0.15, 0.2) is 0 Å². The van der Waals surface area contributed by atoms with Gasteiger partial charge in [-0.25, -0.2) is 0 Å². The predicted octanol–water partition coefficient (Wildman–Crippen LogP) is 0.568. The van der Waals surface area contributed by atoms with E-state index in [-0.39, 0.29) is 43.4 Å². The van der Waals surface area contributed by atoms with Crippen LogP contribution in [0.5, 0.6) is 0 Å². The van der Waals surface area contributed by atoms with Crippen LogP contribution in [0.4, 0.5) is 0 Å². The van der Waals surface area contributed by atoms with E-state index in [0.717, 1.165) is 18.8 Å². The van der Waals surface area contributed by atoms with Crippen molar-refractivity contribution in [2.75, 3.05) is 13.1 Å². The summed E-state index contributed by atoms with van der Waals surface area (Å²) in [5.41, 5.74) is 5.13. The average molecular weight is 278 g/mol. The lowest BCUT2D eigenvalue weighted by molar-refractivity contribution is -0.125. The summed E-state index contributed by atoms with van der Waals surface area (Å²) in [7, 11) is 0. The Morgan fingerprint density at radius 2 is 2.00 bits per heavy atom. The molecule has 0 aromatic rings. The highest BCUT2D eigenvalue weighted by Crippen LogP contribution is 2.26. The zero-order valence-corrected chi connectivity index (χ0v) is 11.7. The molecule has 2 amide bonds. The van der Waals surface area contributed by atoms with Gasteiger partial charge in [0.1, 0.15) is 0 Å². The number of hydrogen-bond donors (Lipinski definition) is 3. The first-order valence-corrected chi connectivity index (χ1v) is 6.41. The molecular formula is C12H24ClN3O2. The minimum absolute atomic E-state index is 0. The Labute approximate surface area is 115 Å². The Morgan fingerprint density at radius 3 is 2.61 bits per heavy atom. The summed E-state index contributed by atoms with van der Waals surface area (Å²) in [5, 5.41) is 5.44. The second-order valence-corrected chi connectivity index (χ2v) is 4.69. The molecule has 0 aromatic heterocycles. The van der Waals surface area contributed by atoms with Crippen LogP contribution < -0.4 is 16.4 Å². The van der Waals surface area contributed by atoms with E-state index in [0.29, 0.717) is 0 Å². The van der Waals surface area contributed by atoms with Crippen LogP contribution >= 0.6 is 12.4 Å². The zero-order chi connectivity index (χ0) is 12.7. The van der Waals surface area contributed by atoms with Crippen molar-refractivity contribution < 1.29 is 9.59 Å². The topological polar surface area (TPSA) is 84.2 Å². The fraction of sp³-hybridized carbons (Fsp3) is 0.833. The van der Waals surface area contributed by atoms with Crippen molar-refractivity contribution >= 4 is 24.2 Å². The Bertz CT molecular complexity index is 274. The molecule has 0 heterocycles. The van der Waals surface area contributed by atoms with Gasteiger partial charge in [0.2, 0.25) is 11.8 Å². The first-order valence-electron chi connectivity index (χ1n) is 6.41. The third-order valence-electron chi connectivity index (χ3n) is 3.36. The quantitative estimate of drug-likeness (QED) is 0.687. The summed E-state index contributed by atoms with van der Waals surface area (Å²) in [4.78, 5) is 22.5. The fourth-order valence-electron chi connectivity index (χ4n) is 2.32. The second-order valence-electron chi connectivity index (χ2n) is 4.69. The number of halogens is 1. The molecule has 5 nitrogen and oxygen atoms in total. The van der Waals surface area contributed by atoms with Crippen LogP contribution in [0, 0.1) is 5.92 Å². The molecule has 1 saturated carbocycles. The standard InChI is InChI=1S/C12H23N3O2.ClH/c1-2-9-4-3-5-10(6-9)15-12(17)8-14-11(16)7-13;/h9-10H,2-8,13H2,1H3,(H,14,16)(H,15,17);1H. The maximum absolute atomic E-state index is 11.6. The first kappa shape index (κ1) is 17.2. The second kappa shape index (κ2) is 9.16. The molecule has 2 unspecified atom stereocenters. The van der Waals surface area contributed by atoms with E-state index in [1.165, 1.54) is 19.3 Å². The molecule has 4 N–H and O–H groups in total. The molecule has 18 heavy (non-hydrogen) atoms. The molecule has 106 valence electrons. The monoisotopic (exact) mass is 277 g/mol. The van der Waals surface area contributed by atoms with Gasteiger partial charge in [0.05, 0.1) is 13.1 Å². The zero-order valence-electron chi connectivity index (χ0n) is 10.9. The minimum atomic E-state index is -0.296. The van der Waals surface area contributed by atoms with E-state index < -0.39 is 0 Å². The van der Waals surface area contributed by atoms with E-state index in [4.69, 9.17) is 5.73 Å². The average Bonchev–Trinajstić information content (AvgIpc) is 2.36. The maximum atomic E-state index is 11.6. The number of nitrogens with one attached hydrogen (secondary N) is 2. The summed E-state index contributed by atoms with van der Waals surface area (Å²) in [6.45, 7) is 2.15. The number of amides is 2. The number of carbonyl (C=O) groups is 2. The smallest absolute Gasteiger partial charge is 0.239 e. The SMILES string of the molecule is CCC1CCCC(NC(=O)CNC(=O)CN)C1.Cl. The summed E-state index contributed by atoms with van der Waals surface area (Å²) < 4.78 is 0. The van der Waals surface area contributed by atoms with Gasteiger partial charge in [-0.05, 0) is 18.8 Å². The summed E-state index contributed by atoms with van der Waals surface area (Å²) >= 11 is 0. The molecule has 1 fully saturated rings. The molecule has 0 bridgehead atoms. The van der Waals surface area contributed by atoms with Gasteiger partial charge >= 0.3 is 0 Å². The van der Waals surface area contributed by atoms with Crippen LogP contribution in [0.3, 0.4) is 0 Å². The van der Waals surface area contributed by atoms with Crippen LogP contribution in [-0.2, 0) is 9.59 Å². The van der Waals surface area contributed by atoms with Crippen molar-refractivity contribution in [3.05, 3.63) is 0 Å². The molecular weight excluding hydrogens is 254 g/mol. The molecule has 1 aliphatic carbocycles. The number of carbonyl (C=O) groups excluding carboxylic acids is 2. The maximum Gasteiger partial charge on any atom is 0.239 e. The molecule has 6 heteroatoms. The predicted molar refractivity (Wildman–Crippen MR) is 73.5 cm³/mol. The van der Waals surface area contributed by atoms with Gasteiger partial charge in [-0.2, -0.15) is 0 Å². The van der Waals surface area contributed by atoms with Crippen molar-refractivity contribution in [2.24, 2.45) is 11.7 Å². The highest BCUT2D eigenvalue weighted by atomic mass is 35.5. The molecule has 0 saturated heterocycles. The van der Waals surface area contributed by atoms with Gasteiger partial charge < -0.3 is 16.4 Å². The van der Waals surface area contributed by atoms with Crippen molar-refractivity contribution in [3.8, 4) is 0 Å². The fourth-order valence-corrected chi connectivity index (χ4v) is 2.32. The number of hydrogen-bond acceptors (Lipinski definition) is 3. The lowest BCUT2D eigenvalue weighted by Crippen LogP contribution is -2.44. The van der Waals surface area contributed by atoms with Gasteiger partial charge in [-0.3, -0.25) is 9.59 Å². The van der Waals surface area contributed by atoms with Gasteiger partial charge in [0, 0.05) is 6.04 Å². The highest BCUT2D eigenvalue weighted by Gasteiger charge is 2.21. The normalized spacial score (nSPS) is 22.8. The minimum Gasteiger partial charge on any atom is -0.352 e. The van der Waals surface area contributed by atoms with Gasteiger partial charge in [-0.15, -0.1) is 12.4 Å². The Morgan fingerprint density at radius 1 is 1.28 bits per heavy atom. The van der Waals surface area contributed by atoms with Crippen LogP contribution in [0.15, 0.2) is 0 Å². The third-order valence-corrected chi connectivity index (χ3v) is 3.36. The van der Waals surface area contributed by atoms with Crippen molar-refractivity contribution in [1.82, 2.24) is 10.6 Å². The molecule has 1 rings (SSSR count). The third kappa shape index (κ3) is 6.21. The van der Waals surface area contributed by atoms with E-state index in [2.05, 4.69) is 17.6 Å². The van der Waals surface area contributed by atoms with E-state index in [1.54, 1.807) is 0 Å². The lowest BCUT2D eigenvalue weighted by Gasteiger charge is -2.29. The van der Waals surface area contributed by atoms with Crippen LogP contribution in [0.2, 0.25) is 0 Å². The molecule has 1 aliphatic rings. The van der Waals surface area contributed by atoms with E-state index in [9.17, 15) is 9.59 Å². The largest absolute Gasteiger partial charge is 0.352 e. The van der Waals surface area contributed by atoms with Crippen molar-refractivity contribution in [2.45, 2.75) is 45.1 Å². The summed E-state index contributed by atoms with van der Waals surface area (Å²) in [5.74, 6) is 0.316. The van der Waals surface area contributed by atoms with Crippen molar-refractivity contribution in [1.29, 1.82) is 0 Å².